The van der Waals surface area contributed by atoms with E-state index in [1.54, 1.807) is 30.3 Å². The lowest BCUT2D eigenvalue weighted by Gasteiger charge is -2.24. The molecule has 1 aliphatic heterocycles. The Morgan fingerprint density at radius 1 is 1.07 bits per heavy atom. The van der Waals surface area contributed by atoms with Crippen molar-refractivity contribution in [1.29, 1.82) is 0 Å². The number of aromatic nitrogens is 1. The second-order valence-corrected chi connectivity index (χ2v) is 6.81. The van der Waals surface area contributed by atoms with Crippen molar-refractivity contribution < 1.29 is 14.0 Å². The van der Waals surface area contributed by atoms with Crippen molar-refractivity contribution in [2.45, 2.75) is 26.3 Å². The monoisotopic (exact) mass is 374 g/mol. The summed E-state index contributed by atoms with van der Waals surface area (Å²) in [6.45, 7) is 3.82. The third-order valence-corrected chi connectivity index (χ3v) is 5.01. The molecule has 5 heteroatoms. The third kappa shape index (κ3) is 2.89. The predicted octanol–water partition coefficient (Wildman–Crippen LogP) is 5.15. The fraction of sp³-hybridized carbons (Fsp3) is 0.174. The van der Waals surface area contributed by atoms with Crippen LogP contribution in [0.2, 0.25) is 0 Å². The Balaban J connectivity index is 1.84. The number of halogens is 1. The maximum absolute atomic E-state index is 13.6. The molecule has 0 saturated heterocycles. The van der Waals surface area contributed by atoms with Crippen LogP contribution in [0.5, 0.6) is 0 Å². The van der Waals surface area contributed by atoms with E-state index < -0.39 is 6.04 Å². The summed E-state index contributed by atoms with van der Waals surface area (Å²) in [4.78, 5) is 31.6. The number of fused-ring (bicyclic) bond motifs is 2. The lowest BCUT2D eigenvalue weighted by Crippen LogP contribution is -2.33. The van der Waals surface area contributed by atoms with Crippen molar-refractivity contribution in [3.05, 3.63) is 82.8 Å². The zero-order chi connectivity index (χ0) is 19.8. The van der Waals surface area contributed by atoms with Crippen LogP contribution in [0.1, 0.15) is 58.3 Å². The van der Waals surface area contributed by atoms with Crippen LogP contribution in [0.15, 0.2) is 54.6 Å². The van der Waals surface area contributed by atoms with Crippen LogP contribution in [0, 0.1) is 5.82 Å². The van der Waals surface area contributed by atoms with E-state index in [9.17, 15) is 14.0 Å². The Labute approximate surface area is 162 Å². The molecule has 140 valence electrons. The van der Waals surface area contributed by atoms with Gasteiger partial charge in [-0.2, -0.15) is 0 Å². The molecule has 0 saturated carbocycles. The Kier molecular flexibility index (Phi) is 4.51. The van der Waals surface area contributed by atoms with Crippen molar-refractivity contribution in [2.24, 2.45) is 0 Å². The maximum atomic E-state index is 13.6. The number of nitrogens with zero attached hydrogens (tertiary/aromatic N) is 2. The summed E-state index contributed by atoms with van der Waals surface area (Å²) < 4.78 is 13.6. The van der Waals surface area contributed by atoms with E-state index in [4.69, 9.17) is 0 Å². The van der Waals surface area contributed by atoms with E-state index in [0.717, 1.165) is 17.4 Å². The van der Waals surface area contributed by atoms with Crippen LogP contribution in [0.4, 0.5) is 4.39 Å². The van der Waals surface area contributed by atoms with Crippen LogP contribution in [-0.4, -0.2) is 21.7 Å². The smallest absolute Gasteiger partial charge is 0.262 e. The second-order valence-electron chi connectivity index (χ2n) is 6.81. The van der Waals surface area contributed by atoms with Gasteiger partial charge in [0.05, 0.1) is 28.4 Å². The van der Waals surface area contributed by atoms with Gasteiger partial charge in [0.2, 0.25) is 0 Å². The van der Waals surface area contributed by atoms with Crippen molar-refractivity contribution in [1.82, 2.24) is 9.88 Å². The van der Waals surface area contributed by atoms with Crippen LogP contribution in [0.25, 0.3) is 17.0 Å². The lowest BCUT2D eigenvalue weighted by molar-refractivity contribution is 0.0595. The summed E-state index contributed by atoms with van der Waals surface area (Å²) in [7, 11) is 0. The first kappa shape index (κ1) is 18.0. The van der Waals surface area contributed by atoms with Crippen molar-refractivity contribution in [3.63, 3.8) is 0 Å². The van der Waals surface area contributed by atoms with Crippen LogP contribution < -0.4 is 0 Å². The Morgan fingerprint density at radius 2 is 1.75 bits per heavy atom. The topological polar surface area (TPSA) is 50.3 Å². The molecule has 4 rings (SSSR count). The molecule has 0 aliphatic carbocycles. The summed E-state index contributed by atoms with van der Waals surface area (Å²) >= 11 is 0. The van der Waals surface area contributed by atoms with Gasteiger partial charge in [-0.05, 0) is 49.8 Å². The van der Waals surface area contributed by atoms with Crippen molar-refractivity contribution >= 4 is 28.8 Å². The highest BCUT2D eigenvalue weighted by Crippen LogP contribution is 2.34. The summed E-state index contributed by atoms with van der Waals surface area (Å²) in [5.41, 5.74) is 2.75. The first-order chi connectivity index (χ1) is 13.5. The van der Waals surface area contributed by atoms with E-state index in [2.05, 4.69) is 4.98 Å². The van der Waals surface area contributed by atoms with Crippen LogP contribution >= 0.6 is 0 Å². The molecule has 0 N–H and O–H groups in total. The minimum absolute atomic E-state index is 0.308. The van der Waals surface area contributed by atoms with Crippen molar-refractivity contribution in [2.75, 3.05) is 0 Å². The fourth-order valence-electron chi connectivity index (χ4n) is 3.57. The van der Waals surface area contributed by atoms with E-state index >= 15 is 0 Å². The average Bonchev–Trinajstić information content (AvgIpc) is 2.96. The quantitative estimate of drug-likeness (QED) is 0.593. The Bertz CT molecular complexity index is 1100. The number of carbonyl (C=O) groups excluding carboxylic acids is 2. The molecule has 0 spiro atoms. The van der Waals surface area contributed by atoms with E-state index in [0.29, 0.717) is 22.3 Å². The lowest BCUT2D eigenvalue weighted by atomic mass is 10.0. The van der Waals surface area contributed by atoms with Gasteiger partial charge in [-0.25, -0.2) is 9.37 Å². The fourth-order valence-corrected chi connectivity index (χ4v) is 3.57. The number of benzene rings is 2. The van der Waals surface area contributed by atoms with E-state index in [-0.39, 0.29) is 17.6 Å². The molecule has 2 heterocycles. The Hall–Kier alpha value is -3.34. The van der Waals surface area contributed by atoms with Gasteiger partial charge in [0.15, 0.2) is 0 Å². The van der Waals surface area contributed by atoms with Gasteiger partial charge >= 0.3 is 0 Å². The number of pyridine rings is 1. The van der Waals surface area contributed by atoms with Crippen LogP contribution in [0.3, 0.4) is 0 Å². The maximum Gasteiger partial charge on any atom is 0.262 e. The number of imide groups is 1. The minimum Gasteiger partial charge on any atom is -0.269 e. The number of hydrogen-bond acceptors (Lipinski definition) is 3. The molecule has 0 unspecified atom stereocenters. The highest BCUT2D eigenvalue weighted by atomic mass is 19.1. The first-order valence-corrected chi connectivity index (χ1v) is 9.25. The molecule has 4 nitrogen and oxygen atoms in total. The van der Waals surface area contributed by atoms with Gasteiger partial charge in [-0.15, -0.1) is 0 Å². The molecular formula is C23H19FN2O2. The number of hydrogen-bond donors (Lipinski definition) is 0. The third-order valence-electron chi connectivity index (χ3n) is 5.01. The zero-order valence-corrected chi connectivity index (χ0v) is 15.6. The summed E-state index contributed by atoms with van der Waals surface area (Å²) in [6, 6.07) is 12.6. The highest BCUT2D eigenvalue weighted by Gasteiger charge is 2.39. The molecule has 0 radical (unpaired) electrons. The molecule has 1 aromatic heterocycles. The normalized spacial score (nSPS) is 14.9. The molecule has 1 aliphatic rings. The molecule has 2 aromatic carbocycles. The average molecular weight is 374 g/mol. The van der Waals surface area contributed by atoms with E-state index in [1.165, 1.54) is 17.0 Å². The predicted molar refractivity (Wildman–Crippen MR) is 106 cm³/mol. The molecule has 0 fully saturated rings. The molecule has 1 atom stereocenters. The van der Waals surface area contributed by atoms with Gasteiger partial charge < -0.3 is 0 Å². The summed E-state index contributed by atoms with van der Waals surface area (Å²) in [5.74, 6) is -0.970. The van der Waals surface area contributed by atoms with Gasteiger partial charge in [0, 0.05) is 17.0 Å². The number of carbonyl (C=O) groups is 2. The van der Waals surface area contributed by atoms with Gasteiger partial charge in [0.1, 0.15) is 5.82 Å². The molecule has 3 aromatic rings. The number of allylic oxidation sites excluding steroid dienone is 1. The first-order valence-electron chi connectivity index (χ1n) is 9.25. The SMILES string of the molecule is CCC=Cc1nc2cc(F)ccc2cc1[C@H](C)N1C(=O)c2ccccc2C1=O. The van der Waals surface area contributed by atoms with Gasteiger partial charge in [-0.1, -0.05) is 25.1 Å². The molecule has 28 heavy (non-hydrogen) atoms. The van der Waals surface area contributed by atoms with Gasteiger partial charge in [-0.3, -0.25) is 14.5 Å². The number of rotatable bonds is 4. The molecule has 0 bridgehead atoms. The minimum atomic E-state index is -0.508. The van der Waals surface area contributed by atoms with Gasteiger partial charge in [0.25, 0.3) is 11.8 Å². The molecular weight excluding hydrogens is 355 g/mol. The standard InChI is InChI=1S/C23H19FN2O2/c1-3-4-9-20-19(12-15-10-11-16(24)13-21(15)25-20)14(2)26-22(27)17-7-5-6-8-18(17)23(26)28/h4-14H,3H2,1-2H3/t14-/m0/s1. The number of amides is 2. The summed E-state index contributed by atoms with van der Waals surface area (Å²) in [6.07, 6.45) is 4.62. The molecule has 2 amide bonds. The van der Waals surface area contributed by atoms with E-state index in [1.807, 2.05) is 32.1 Å². The largest absolute Gasteiger partial charge is 0.269 e. The summed E-state index contributed by atoms with van der Waals surface area (Å²) in [5, 5.41) is 0.758. The van der Waals surface area contributed by atoms with Crippen molar-refractivity contribution in [3.8, 4) is 0 Å². The highest BCUT2D eigenvalue weighted by molar-refractivity contribution is 6.21. The second kappa shape index (κ2) is 7.00. The van der Waals surface area contributed by atoms with Crippen LogP contribution in [-0.2, 0) is 0 Å². The zero-order valence-electron chi connectivity index (χ0n) is 15.6. The Morgan fingerprint density at radius 3 is 2.39 bits per heavy atom.